The number of rotatable bonds is 7. The third-order valence-corrected chi connectivity index (χ3v) is 3.53. The fourth-order valence-electron chi connectivity index (χ4n) is 2.34. The smallest absolute Gasteiger partial charge is 0.329 e. The molecule has 0 radical (unpaired) electrons. The Kier molecular flexibility index (Phi) is 6.08. The molecular weight excluding hydrogens is 308 g/mol. The van der Waals surface area contributed by atoms with Crippen LogP contribution in [0.4, 0.5) is 0 Å². The topological polar surface area (TPSA) is 120 Å². The van der Waals surface area contributed by atoms with Crippen molar-refractivity contribution in [3.63, 3.8) is 0 Å². The summed E-state index contributed by atoms with van der Waals surface area (Å²) in [6, 6.07) is -0.358. The maximum atomic E-state index is 12.4. The van der Waals surface area contributed by atoms with Crippen molar-refractivity contribution in [1.82, 2.24) is 10.5 Å². The zero-order valence-electron chi connectivity index (χ0n) is 13.0. The van der Waals surface area contributed by atoms with Crippen LogP contribution in [-0.4, -0.2) is 61.2 Å². The number of ether oxygens (including phenoxy) is 3. The van der Waals surface area contributed by atoms with Gasteiger partial charge in [0.25, 0.3) is 5.91 Å². The fourth-order valence-corrected chi connectivity index (χ4v) is 2.34. The molecule has 0 aliphatic carbocycles. The number of aryl methyl sites for hydroxylation is 1. The van der Waals surface area contributed by atoms with Gasteiger partial charge in [0, 0.05) is 13.7 Å². The normalized spacial score (nSPS) is 21.1. The molecule has 2 rings (SSSR count). The first-order valence-electron chi connectivity index (χ1n) is 7.19. The Morgan fingerprint density at radius 3 is 2.96 bits per heavy atom. The Bertz CT molecular complexity index is 557. The predicted octanol–water partition coefficient (Wildman–Crippen LogP) is 0.118. The quantitative estimate of drug-likeness (QED) is 0.724. The summed E-state index contributed by atoms with van der Waals surface area (Å²) < 4.78 is 20.6. The van der Waals surface area contributed by atoms with E-state index < -0.39 is 24.6 Å². The number of aromatic nitrogens is 1. The zero-order chi connectivity index (χ0) is 16.8. The highest BCUT2D eigenvalue weighted by Gasteiger charge is 2.30. The van der Waals surface area contributed by atoms with E-state index in [2.05, 4.69) is 10.5 Å². The van der Waals surface area contributed by atoms with Gasteiger partial charge in [-0.25, -0.2) is 4.79 Å². The number of carbonyl (C=O) groups excluding carboxylic acids is 1. The Morgan fingerprint density at radius 2 is 2.26 bits per heavy atom. The van der Waals surface area contributed by atoms with Crippen molar-refractivity contribution in [2.45, 2.75) is 32.1 Å². The standard InChI is InChI=1S/C14H20N2O7/c1-8-9(5-20-2)13(16-23-8)14(19)15-10-3-4-21-6-11(10)22-7-12(17)18/h10-11H,3-7H2,1-2H3,(H,15,19)(H,17,18)/t10-,11-/m1/s1. The molecule has 1 fully saturated rings. The summed E-state index contributed by atoms with van der Waals surface area (Å²) in [5.41, 5.74) is 0.743. The lowest BCUT2D eigenvalue weighted by Crippen LogP contribution is -2.50. The lowest BCUT2D eigenvalue weighted by molar-refractivity contribution is -0.148. The van der Waals surface area contributed by atoms with Gasteiger partial charge in [0.15, 0.2) is 5.69 Å². The number of nitrogens with one attached hydrogen (secondary N) is 1. The summed E-state index contributed by atoms with van der Waals surface area (Å²) in [7, 11) is 1.52. The summed E-state index contributed by atoms with van der Waals surface area (Å²) in [5, 5.41) is 15.3. The molecule has 0 unspecified atom stereocenters. The third kappa shape index (κ3) is 4.50. The van der Waals surface area contributed by atoms with Gasteiger partial charge in [-0.2, -0.15) is 0 Å². The molecule has 1 aliphatic heterocycles. The second-order valence-corrected chi connectivity index (χ2v) is 5.19. The van der Waals surface area contributed by atoms with Gasteiger partial charge in [-0.05, 0) is 13.3 Å². The van der Waals surface area contributed by atoms with Crippen LogP contribution in [0.2, 0.25) is 0 Å². The number of carboxylic acids is 1. The number of hydrogen-bond acceptors (Lipinski definition) is 7. The molecule has 1 aromatic rings. The highest BCUT2D eigenvalue weighted by atomic mass is 16.5. The van der Waals surface area contributed by atoms with Crippen molar-refractivity contribution in [3.05, 3.63) is 17.0 Å². The molecule has 0 bridgehead atoms. The van der Waals surface area contributed by atoms with Gasteiger partial charge in [-0.15, -0.1) is 0 Å². The summed E-state index contributed by atoms with van der Waals surface area (Å²) >= 11 is 0. The number of nitrogens with zero attached hydrogens (tertiary/aromatic N) is 1. The minimum atomic E-state index is -1.07. The minimum absolute atomic E-state index is 0.160. The molecule has 0 aromatic carbocycles. The average molecular weight is 328 g/mol. The van der Waals surface area contributed by atoms with E-state index in [-0.39, 0.29) is 24.9 Å². The molecule has 0 spiro atoms. The van der Waals surface area contributed by atoms with Crippen molar-refractivity contribution >= 4 is 11.9 Å². The highest BCUT2D eigenvalue weighted by Crippen LogP contribution is 2.17. The van der Waals surface area contributed by atoms with E-state index in [1.807, 2.05) is 0 Å². The van der Waals surface area contributed by atoms with Gasteiger partial charge in [-0.3, -0.25) is 4.79 Å². The second-order valence-electron chi connectivity index (χ2n) is 5.19. The molecule has 1 amide bonds. The van der Waals surface area contributed by atoms with Gasteiger partial charge in [0.05, 0.1) is 24.8 Å². The van der Waals surface area contributed by atoms with Crippen LogP contribution in [0.15, 0.2) is 4.52 Å². The lowest BCUT2D eigenvalue weighted by Gasteiger charge is -2.31. The van der Waals surface area contributed by atoms with E-state index in [9.17, 15) is 9.59 Å². The maximum absolute atomic E-state index is 12.4. The third-order valence-electron chi connectivity index (χ3n) is 3.53. The molecule has 9 nitrogen and oxygen atoms in total. The number of carboxylic acid groups (broad SMARTS) is 1. The molecule has 1 aromatic heterocycles. The van der Waals surface area contributed by atoms with E-state index in [0.717, 1.165) is 0 Å². The molecule has 1 aliphatic rings. The maximum Gasteiger partial charge on any atom is 0.329 e. The molecule has 1 saturated heterocycles. The molecule has 2 N–H and O–H groups in total. The zero-order valence-corrected chi connectivity index (χ0v) is 13.0. The summed E-state index contributed by atoms with van der Waals surface area (Å²) in [5.74, 6) is -0.970. The number of amides is 1. The van der Waals surface area contributed by atoms with Crippen LogP contribution in [-0.2, 0) is 25.6 Å². The number of methoxy groups -OCH3 is 1. The second kappa shape index (κ2) is 8.04. The molecule has 9 heteroatoms. The Morgan fingerprint density at radius 1 is 1.48 bits per heavy atom. The molecule has 2 atom stereocenters. The summed E-state index contributed by atoms with van der Waals surface area (Å²) in [6.45, 7) is 2.15. The molecule has 23 heavy (non-hydrogen) atoms. The van der Waals surface area contributed by atoms with Crippen LogP contribution in [0.5, 0.6) is 0 Å². The minimum Gasteiger partial charge on any atom is -0.480 e. The lowest BCUT2D eigenvalue weighted by atomic mass is 10.1. The number of aliphatic carboxylic acids is 1. The molecule has 128 valence electrons. The van der Waals surface area contributed by atoms with E-state index >= 15 is 0 Å². The van der Waals surface area contributed by atoms with Crippen LogP contribution in [0.25, 0.3) is 0 Å². The molecule has 0 saturated carbocycles. The van der Waals surface area contributed by atoms with Gasteiger partial charge < -0.3 is 29.2 Å². The average Bonchev–Trinajstić information content (AvgIpc) is 2.88. The first-order chi connectivity index (χ1) is 11.0. The Labute approximate surface area is 132 Å². The highest BCUT2D eigenvalue weighted by molar-refractivity contribution is 5.94. The van der Waals surface area contributed by atoms with E-state index in [4.69, 9.17) is 23.8 Å². The van der Waals surface area contributed by atoms with Crippen LogP contribution in [0, 0.1) is 6.92 Å². The van der Waals surface area contributed by atoms with Crippen LogP contribution < -0.4 is 5.32 Å². The monoisotopic (exact) mass is 328 g/mol. The first-order valence-corrected chi connectivity index (χ1v) is 7.19. The van der Waals surface area contributed by atoms with Crippen LogP contribution >= 0.6 is 0 Å². The molecular formula is C14H20N2O7. The Balaban J connectivity index is 2.03. The van der Waals surface area contributed by atoms with E-state index in [1.54, 1.807) is 6.92 Å². The van der Waals surface area contributed by atoms with E-state index in [1.165, 1.54) is 7.11 Å². The van der Waals surface area contributed by atoms with Crippen molar-refractivity contribution < 1.29 is 33.4 Å². The van der Waals surface area contributed by atoms with Gasteiger partial charge in [0.1, 0.15) is 18.5 Å². The Hall–Kier alpha value is -1.97. The van der Waals surface area contributed by atoms with E-state index in [0.29, 0.717) is 24.4 Å². The number of hydrogen-bond donors (Lipinski definition) is 2. The van der Waals surface area contributed by atoms with Crippen LogP contribution in [0.3, 0.4) is 0 Å². The number of carbonyl (C=O) groups is 2. The SMILES string of the molecule is COCc1c(C(=O)N[C@@H]2CCOC[C@H]2OCC(=O)O)noc1C. The molecule has 2 heterocycles. The first kappa shape index (κ1) is 17.4. The van der Waals surface area contributed by atoms with Crippen molar-refractivity contribution in [2.24, 2.45) is 0 Å². The van der Waals surface area contributed by atoms with Crippen molar-refractivity contribution in [2.75, 3.05) is 26.9 Å². The van der Waals surface area contributed by atoms with Gasteiger partial charge in [0.2, 0.25) is 0 Å². The van der Waals surface area contributed by atoms with Crippen LogP contribution in [0.1, 0.15) is 28.2 Å². The predicted molar refractivity (Wildman–Crippen MR) is 76.0 cm³/mol. The summed E-state index contributed by atoms with van der Waals surface area (Å²) in [6.07, 6.45) is -0.00499. The fraction of sp³-hybridized carbons (Fsp3) is 0.643. The largest absolute Gasteiger partial charge is 0.480 e. The summed E-state index contributed by atoms with van der Waals surface area (Å²) in [4.78, 5) is 23.0. The van der Waals surface area contributed by atoms with Crippen molar-refractivity contribution in [1.29, 1.82) is 0 Å². The van der Waals surface area contributed by atoms with Gasteiger partial charge in [-0.1, -0.05) is 5.16 Å². The van der Waals surface area contributed by atoms with Crippen molar-refractivity contribution in [3.8, 4) is 0 Å². The van der Waals surface area contributed by atoms with Gasteiger partial charge >= 0.3 is 5.97 Å².